The van der Waals surface area contributed by atoms with Gasteiger partial charge in [0, 0.05) is 4.47 Å². The molecule has 30 heavy (non-hydrogen) atoms. The molecular weight excluding hydrogens is 432 g/mol. The Morgan fingerprint density at radius 2 is 1.33 bits per heavy atom. The molecule has 0 saturated heterocycles. The van der Waals surface area contributed by atoms with Gasteiger partial charge in [0.15, 0.2) is 0 Å². The largest absolute Gasteiger partial charge is 0.508 e. The summed E-state index contributed by atoms with van der Waals surface area (Å²) in [5, 5.41) is 16.9. The van der Waals surface area contributed by atoms with E-state index in [-0.39, 0.29) is 0 Å². The maximum Gasteiger partial charge on any atom is 0.116 e. The first-order valence-electron chi connectivity index (χ1n) is 10.5. The summed E-state index contributed by atoms with van der Waals surface area (Å²) >= 11 is 3.66. The molecule has 0 amide bonds. The second-order valence-corrected chi connectivity index (χ2v) is 8.79. The molecule has 0 heterocycles. The molecule has 1 aliphatic rings. The number of hydrogen-bond acceptors (Lipinski definition) is 1. The van der Waals surface area contributed by atoms with E-state index in [1.165, 1.54) is 51.7 Å². The Morgan fingerprint density at radius 1 is 0.600 bits per heavy atom. The highest BCUT2D eigenvalue weighted by molar-refractivity contribution is 9.10. The summed E-state index contributed by atoms with van der Waals surface area (Å²) in [5.41, 5.74) is 3.15. The van der Waals surface area contributed by atoms with Crippen LogP contribution in [-0.4, -0.2) is 5.11 Å². The molecule has 0 unspecified atom stereocenters. The van der Waals surface area contributed by atoms with E-state index in [0.29, 0.717) is 5.75 Å². The van der Waals surface area contributed by atoms with Crippen molar-refractivity contribution in [3.05, 3.63) is 101 Å². The van der Waals surface area contributed by atoms with Crippen LogP contribution in [0.5, 0.6) is 5.75 Å². The average Bonchev–Trinajstić information content (AvgIpc) is 2.79. The lowest BCUT2D eigenvalue weighted by Gasteiger charge is -2.18. The van der Waals surface area contributed by atoms with Crippen molar-refractivity contribution in [1.29, 1.82) is 0 Å². The van der Waals surface area contributed by atoms with Crippen molar-refractivity contribution in [1.82, 2.24) is 0 Å². The van der Waals surface area contributed by atoms with Crippen LogP contribution < -0.4 is 0 Å². The van der Waals surface area contributed by atoms with Crippen LogP contribution in [0.25, 0.3) is 32.3 Å². The molecule has 0 aliphatic heterocycles. The third kappa shape index (κ3) is 3.57. The lowest BCUT2D eigenvalue weighted by atomic mass is 9.86. The number of hydrogen-bond donors (Lipinski definition) is 1. The van der Waals surface area contributed by atoms with Crippen molar-refractivity contribution in [3.8, 4) is 5.75 Å². The van der Waals surface area contributed by atoms with Gasteiger partial charge in [-0.3, -0.25) is 0 Å². The Morgan fingerprint density at radius 3 is 2.23 bits per heavy atom. The Hall–Kier alpha value is -2.84. The highest BCUT2D eigenvalue weighted by Crippen LogP contribution is 2.35. The lowest BCUT2D eigenvalue weighted by molar-refractivity contribution is 0.476. The number of aryl methyl sites for hydroxylation is 2. The molecule has 1 N–H and O–H groups in total. The van der Waals surface area contributed by atoms with Crippen LogP contribution in [0, 0.1) is 0 Å². The molecule has 0 radical (unpaired) electrons. The molecule has 0 bridgehead atoms. The molecular formula is C28H23BrO. The Kier molecular flexibility index (Phi) is 5.18. The zero-order chi connectivity index (χ0) is 20.5. The normalized spacial score (nSPS) is 13.1. The number of phenolic OH excluding ortho intramolecular Hbond substituents is 1. The summed E-state index contributed by atoms with van der Waals surface area (Å²) < 4.78 is 1.18. The monoisotopic (exact) mass is 454 g/mol. The van der Waals surface area contributed by atoms with E-state index >= 15 is 0 Å². The predicted molar refractivity (Wildman–Crippen MR) is 131 cm³/mol. The molecule has 2 heteroatoms. The van der Waals surface area contributed by atoms with Crippen LogP contribution >= 0.6 is 15.9 Å². The van der Waals surface area contributed by atoms with Crippen molar-refractivity contribution >= 4 is 48.2 Å². The predicted octanol–water partition coefficient (Wildman–Crippen LogP) is 8.18. The summed E-state index contributed by atoms with van der Waals surface area (Å²) in [4.78, 5) is 0. The first-order valence-corrected chi connectivity index (χ1v) is 11.3. The van der Waals surface area contributed by atoms with E-state index in [9.17, 15) is 0 Å². The maximum atomic E-state index is 9.13. The fourth-order valence-corrected chi connectivity index (χ4v) is 5.06. The summed E-state index contributed by atoms with van der Waals surface area (Å²) in [5.74, 6) is 0.323. The van der Waals surface area contributed by atoms with Crippen molar-refractivity contribution in [3.63, 3.8) is 0 Å². The minimum atomic E-state index is 0.323. The zero-order valence-corrected chi connectivity index (χ0v) is 18.3. The quantitative estimate of drug-likeness (QED) is 0.234. The Bertz CT molecular complexity index is 1370. The molecule has 0 saturated carbocycles. The molecule has 1 nitrogen and oxygen atoms in total. The highest BCUT2D eigenvalue weighted by Gasteiger charge is 2.13. The fraction of sp³-hybridized carbons (Fsp3) is 0.143. The van der Waals surface area contributed by atoms with Gasteiger partial charge in [-0.1, -0.05) is 82.7 Å². The minimum Gasteiger partial charge on any atom is -0.508 e. The average molecular weight is 455 g/mol. The van der Waals surface area contributed by atoms with Gasteiger partial charge in [0.1, 0.15) is 5.75 Å². The molecule has 148 valence electrons. The number of benzene rings is 5. The van der Waals surface area contributed by atoms with Gasteiger partial charge in [-0.2, -0.15) is 0 Å². The van der Waals surface area contributed by atoms with E-state index in [1.54, 1.807) is 23.3 Å². The molecule has 5 aromatic rings. The standard InChI is InChI=1S/C18H15Br.C10H8O/c19-18-7-3-6-14-16-9-8-12-4-1-2-5-13(12)15(16)10-11-17(14)18;11-10-6-5-8-3-1-2-4-9(8)7-10/h3,6-11H,1-2,4-5H2;1-7,11H. The maximum absolute atomic E-state index is 9.13. The molecule has 0 aromatic heterocycles. The van der Waals surface area contributed by atoms with Gasteiger partial charge in [-0.05, 0) is 87.3 Å². The van der Waals surface area contributed by atoms with E-state index in [1.807, 2.05) is 30.3 Å². The van der Waals surface area contributed by atoms with Crippen molar-refractivity contribution < 1.29 is 5.11 Å². The van der Waals surface area contributed by atoms with Crippen LogP contribution in [-0.2, 0) is 12.8 Å². The topological polar surface area (TPSA) is 20.2 Å². The fourth-order valence-electron chi connectivity index (χ4n) is 4.57. The van der Waals surface area contributed by atoms with Gasteiger partial charge in [0.25, 0.3) is 0 Å². The van der Waals surface area contributed by atoms with Gasteiger partial charge in [-0.25, -0.2) is 0 Å². The first kappa shape index (κ1) is 19.1. The lowest BCUT2D eigenvalue weighted by Crippen LogP contribution is -2.03. The third-order valence-electron chi connectivity index (χ3n) is 6.07. The zero-order valence-electron chi connectivity index (χ0n) is 16.7. The van der Waals surface area contributed by atoms with E-state index in [0.717, 1.165) is 10.8 Å². The second kappa shape index (κ2) is 8.12. The molecule has 6 rings (SSSR count). The number of aromatic hydroxyl groups is 1. The van der Waals surface area contributed by atoms with Crippen molar-refractivity contribution in [2.75, 3.05) is 0 Å². The minimum absolute atomic E-state index is 0.323. The molecule has 5 aromatic carbocycles. The van der Waals surface area contributed by atoms with E-state index < -0.39 is 0 Å². The number of rotatable bonds is 0. The summed E-state index contributed by atoms with van der Waals surface area (Å²) in [7, 11) is 0. The molecule has 1 aliphatic carbocycles. The van der Waals surface area contributed by atoms with Gasteiger partial charge in [-0.15, -0.1) is 0 Å². The summed E-state index contributed by atoms with van der Waals surface area (Å²) in [6.45, 7) is 0. The Balaban J connectivity index is 0.000000149. The van der Waals surface area contributed by atoms with Crippen molar-refractivity contribution in [2.45, 2.75) is 25.7 Å². The smallest absolute Gasteiger partial charge is 0.116 e. The molecule has 0 fully saturated rings. The van der Waals surface area contributed by atoms with Crippen molar-refractivity contribution in [2.24, 2.45) is 0 Å². The van der Waals surface area contributed by atoms with Crippen LogP contribution in [0.1, 0.15) is 24.0 Å². The number of fused-ring (bicyclic) bond motifs is 6. The van der Waals surface area contributed by atoms with Crippen LogP contribution in [0.3, 0.4) is 0 Å². The number of phenols is 1. The van der Waals surface area contributed by atoms with Gasteiger partial charge < -0.3 is 5.11 Å². The van der Waals surface area contributed by atoms with Gasteiger partial charge in [0.2, 0.25) is 0 Å². The van der Waals surface area contributed by atoms with Crippen LogP contribution in [0.15, 0.2) is 89.4 Å². The van der Waals surface area contributed by atoms with E-state index in [4.69, 9.17) is 5.11 Å². The third-order valence-corrected chi connectivity index (χ3v) is 6.76. The van der Waals surface area contributed by atoms with Gasteiger partial charge in [0.05, 0.1) is 0 Å². The van der Waals surface area contributed by atoms with Crippen LogP contribution in [0.4, 0.5) is 0 Å². The van der Waals surface area contributed by atoms with Crippen LogP contribution in [0.2, 0.25) is 0 Å². The van der Waals surface area contributed by atoms with Gasteiger partial charge >= 0.3 is 0 Å². The summed E-state index contributed by atoms with van der Waals surface area (Å²) in [6.07, 6.45) is 5.17. The molecule has 0 atom stereocenters. The molecule has 0 spiro atoms. The number of halogens is 1. The second-order valence-electron chi connectivity index (χ2n) is 7.94. The summed E-state index contributed by atoms with van der Waals surface area (Å²) in [6, 6.07) is 29.0. The van der Waals surface area contributed by atoms with E-state index in [2.05, 4.69) is 58.4 Å². The SMILES string of the molecule is Brc1cccc2c1ccc1c3c(ccc12)CCCC3.Oc1ccc2ccccc2c1. The highest BCUT2D eigenvalue weighted by atomic mass is 79.9. The Labute approximate surface area is 185 Å². The first-order chi connectivity index (χ1) is 14.7.